The van der Waals surface area contributed by atoms with Crippen LogP contribution in [0.3, 0.4) is 0 Å². The molecule has 194 valence electrons. The minimum Gasteiger partial charge on any atom is -0.460 e. The number of fused-ring (bicyclic) bond motifs is 6. The first kappa shape index (κ1) is 24.3. The monoisotopic (exact) mass is 499 g/mol. The van der Waals surface area contributed by atoms with Gasteiger partial charge in [0.15, 0.2) is 0 Å². The Morgan fingerprint density at radius 2 is 1.59 bits per heavy atom. The van der Waals surface area contributed by atoms with Crippen LogP contribution in [0.5, 0.6) is 0 Å². The van der Waals surface area contributed by atoms with Gasteiger partial charge in [0.2, 0.25) is 0 Å². The molecule has 0 spiro atoms. The lowest BCUT2D eigenvalue weighted by Gasteiger charge is -2.31. The zero-order chi connectivity index (χ0) is 25.4. The van der Waals surface area contributed by atoms with Crippen molar-refractivity contribution in [3.63, 3.8) is 0 Å². The van der Waals surface area contributed by atoms with Crippen molar-refractivity contribution in [2.75, 3.05) is 6.61 Å². The van der Waals surface area contributed by atoms with Crippen molar-refractivity contribution >= 4 is 12.1 Å². The van der Waals surface area contributed by atoms with E-state index in [-0.39, 0.29) is 30.5 Å². The Balaban J connectivity index is 1.13. The summed E-state index contributed by atoms with van der Waals surface area (Å²) in [7, 11) is 0. The highest BCUT2D eigenvalue weighted by molar-refractivity contribution is 5.90. The van der Waals surface area contributed by atoms with Gasteiger partial charge in [0, 0.05) is 11.8 Å². The lowest BCUT2D eigenvalue weighted by Crippen LogP contribution is -2.48. The van der Waals surface area contributed by atoms with Crippen LogP contribution in [0.25, 0.3) is 11.1 Å². The lowest BCUT2D eigenvalue weighted by atomic mass is 9.85. The summed E-state index contributed by atoms with van der Waals surface area (Å²) in [5.74, 6) is 0.602. The number of hydrogen-bond acceptors (Lipinski definition) is 4. The van der Waals surface area contributed by atoms with Crippen molar-refractivity contribution < 1.29 is 19.1 Å². The van der Waals surface area contributed by atoms with Crippen LogP contribution in [0.2, 0.25) is 0 Å². The Hall–Kier alpha value is -3.08. The second kappa shape index (κ2) is 10.00. The first-order valence-electron chi connectivity index (χ1n) is 14.1. The van der Waals surface area contributed by atoms with Crippen LogP contribution in [0.15, 0.2) is 61.2 Å². The molecular formula is C32H37NO4. The molecule has 4 aliphatic rings. The smallest absolute Gasteiger partial charge is 0.408 e. The molecule has 1 N–H and O–H groups in total. The molecule has 5 heteroatoms. The number of alkyl carbamates (subject to hydrolysis) is 1. The van der Waals surface area contributed by atoms with E-state index in [4.69, 9.17) is 9.47 Å². The molecule has 6 rings (SSSR count). The number of rotatable bonds is 6. The third-order valence-electron chi connectivity index (χ3n) is 9.31. The average molecular weight is 500 g/mol. The van der Waals surface area contributed by atoms with Crippen LogP contribution in [0.4, 0.5) is 4.79 Å². The van der Waals surface area contributed by atoms with Gasteiger partial charge >= 0.3 is 12.1 Å². The molecule has 3 saturated carbocycles. The molecule has 3 fully saturated rings. The van der Waals surface area contributed by atoms with Crippen molar-refractivity contribution in [1.29, 1.82) is 0 Å². The Kier molecular flexibility index (Phi) is 6.56. The molecule has 5 atom stereocenters. The molecule has 0 aliphatic heterocycles. The number of nitrogens with one attached hydrogen (secondary N) is 1. The second-order valence-electron chi connectivity index (χ2n) is 11.5. The maximum Gasteiger partial charge on any atom is 0.408 e. The first-order valence-corrected chi connectivity index (χ1v) is 14.1. The summed E-state index contributed by atoms with van der Waals surface area (Å²) in [5.41, 5.74) is 3.64. The summed E-state index contributed by atoms with van der Waals surface area (Å²) >= 11 is 0. The molecule has 37 heavy (non-hydrogen) atoms. The van der Waals surface area contributed by atoms with Gasteiger partial charge in [-0.05, 0) is 59.8 Å². The van der Waals surface area contributed by atoms with Gasteiger partial charge in [-0.15, -0.1) is 6.58 Å². The van der Waals surface area contributed by atoms with Crippen LogP contribution in [0.1, 0.15) is 74.8 Å². The quantitative estimate of drug-likeness (QED) is 0.352. The van der Waals surface area contributed by atoms with E-state index in [0.717, 1.165) is 30.4 Å². The second-order valence-corrected chi connectivity index (χ2v) is 11.5. The molecule has 3 unspecified atom stereocenters. The van der Waals surface area contributed by atoms with Gasteiger partial charge in [0.1, 0.15) is 18.2 Å². The zero-order valence-corrected chi connectivity index (χ0v) is 21.5. The van der Waals surface area contributed by atoms with E-state index in [1.165, 1.54) is 43.2 Å². The van der Waals surface area contributed by atoms with Crippen molar-refractivity contribution in [3.05, 3.63) is 72.3 Å². The fraction of sp³-hybridized carbons (Fsp3) is 0.500. The number of carbonyl (C=O) groups is 2. The van der Waals surface area contributed by atoms with Gasteiger partial charge in [-0.1, -0.05) is 86.7 Å². The number of benzene rings is 2. The predicted octanol–water partition coefficient (Wildman–Crippen LogP) is 6.76. The van der Waals surface area contributed by atoms with Crippen LogP contribution >= 0.6 is 0 Å². The van der Waals surface area contributed by atoms with E-state index >= 15 is 0 Å². The summed E-state index contributed by atoms with van der Waals surface area (Å²) < 4.78 is 12.0. The van der Waals surface area contributed by atoms with E-state index in [9.17, 15) is 9.59 Å². The molecule has 2 aromatic rings. The van der Waals surface area contributed by atoms with Gasteiger partial charge in [0.25, 0.3) is 0 Å². The molecule has 0 radical (unpaired) electrons. The predicted molar refractivity (Wildman–Crippen MR) is 143 cm³/mol. The number of amides is 1. The summed E-state index contributed by atoms with van der Waals surface area (Å²) in [6.45, 7) is 4.11. The van der Waals surface area contributed by atoms with Crippen LogP contribution in [0, 0.1) is 17.8 Å². The van der Waals surface area contributed by atoms with Crippen LogP contribution < -0.4 is 5.32 Å². The standard InChI is InChI=1S/C32H37NO4/c1-2-23-19-32(23,30(34)37-29-18-21-10-3-4-12-22(29)13-9-11-21)33-31(35)36-20-28-26-16-7-5-14-24(26)25-15-6-8-17-27(25)28/h2,5-8,14-17,21-23,28-29H,1,3-4,9-13,18-20H2,(H,33,35)/t21?,22?,23-,29?,32-/m1/s1. The Morgan fingerprint density at radius 1 is 0.946 bits per heavy atom. The topological polar surface area (TPSA) is 64.6 Å². The van der Waals surface area contributed by atoms with Crippen LogP contribution in [-0.2, 0) is 14.3 Å². The minimum atomic E-state index is -1.05. The summed E-state index contributed by atoms with van der Waals surface area (Å²) in [6.07, 6.45) is 11.1. The lowest BCUT2D eigenvalue weighted by molar-refractivity contribution is -0.157. The van der Waals surface area contributed by atoms with Crippen molar-refractivity contribution in [2.24, 2.45) is 17.8 Å². The number of carbonyl (C=O) groups excluding carboxylic acids is 2. The fourth-order valence-corrected chi connectivity index (χ4v) is 7.13. The van der Waals surface area contributed by atoms with E-state index in [1.807, 2.05) is 24.3 Å². The highest BCUT2D eigenvalue weighted by Crippen LogP contribution is 2.48. The largest absolute Gasteiger partial charge is 0.460 e. The molecule has 4 aliphatic carbocycles. The minimum absolute atomic E-state index is 0.0234. The maximum absolute atomic E-state index is 13.5. The average Bonchev–Trinajstić information content (AvgIpc) is 3.55. The molecule has 2 bridgehead atoms. The van der Waals surface area contributed by atoms with E-state index in [1.54, 1.807) is 6.08 Å². The van der Waals surface area contributed by atoms with Crippen LogP contribution in [-0.4, -0.2) is 30.3 Å². The Morgan fingerprint density at radius 3 is 2.30 bits per heavy atom. The van der Waals surface area contributed by atoms with E-state index < -0.39 is 11.6 Å². The molecule has 0 heterocycles. The highest BCUT2D eigenvalue weighted by Gasteiger charge is 2.62. The highest BCUT2D eigenvalue weighted by atomic mass is 16.6. The molecule has 2 aromatic carbocycles. The molecule has 1 amide bonds. The molecule has 0 saturated heterocycles. The summed E-state index contributed by atoms with van der Waals surface area (Å²) in [6, 6.07) is 16.5. The molecule has 5 nitrogen and oxygen atoms in total. The number of esters is 1. The zero-order valence-electron chi connectivity index (χ0n) is 21.5. The summed E-state index contributed by atoms with van der Waals surface area (Å²) in [4.78, 5) is 26.6. The van der Waals surface area contributed by atoms with E-state index in [0.29, 0.717) is 18.3 Å². The van der Waals surface area contributed by atoms with Gasteiger partial charge in [-0.2, -0.15) is 0 Å². The summed E-state index contributed by atoms with van der Waals surface area (Å²) in [5, 5.41) is 2.91. The third kappa shape index (κ3) is 4.58. The van der Waals surface area contributed by atoms with E-state index in [2.05, 4.69) is 36.2 Å². The van der Waals surface area contributed by atoms with Crippen molar-refractivity contribution in [2.45, 2.75) is 75.3 Å². The van der Waals surface area contributed by atoms with Gasteiger partial charge in [-0.3, -0.25) is 0 Å². The molecule has 0 aromatic heterocycles. The number of ether oxygens (including phenoxy) is 2. The van der Waals surface area contributed by atoms with Gasteiger partial charge in [-0.25, -0.2) is 9.59 Å². The Labute approximate surface area is 219 Å². The SMILES string of the molecule is C=C[C@@H]1C[C@]1(NC(=O)OCC1c2ccccc2-c2ccccc21)C(=O)OC1CC2CCCCC1CCC2. The first-order chi connectivity index (χ1) is 18.1. The van der Waals surface area contributed by atoms with Crippen molar-refractivity contribution in [3.8, 4) is 11.1 Å². The Bertz CT molecular complexity index is 1140. The van der Waals surface area contributed by atoms with Gasteiger partial charge < -0.3 is 14.8 Å². The number of hydrogen-bond donors (Lipinski definition) is 1. The normalized spacial score (nSPS) is 30.2. The maximum atomic E-state index is 13.5. The van der Waals surface area contributed by atoms with Gasteiger partial charge in [0.05, 0.1) is 0 Å². The van der Waals surface area contributed by atoms with Crippen molar-refractivity contribution in [1.82, 2.24) is 5.32 Å². The fourth-order valence-electron chi connectivity index (χ4n) is 7.13. The molecular weight excluding hydrogens is 462 g/mol. The third-order valence-corrected chi connectivity index (χ3v) is 9.31.